The molecule has 200 valence electrons. The van der Waals surface area contributed by atoms with Crippen LogP contribution < -0.4 is 20.3 Å². The Morgan fingerprint density at radius 3 is 2.58 bits per heavy atom. The Kier molecular flexibility index (Phi) is 6.41. The molecule has 1 spiro atoms. The van der Waals surface area contributed by atoms with Gasteiger partial charge in [0.1, 0.15) is 33.8 Å². The van der Waals surface area contributed by atoms with Gasteiger partial charge in [-0.2, -0.15) is 0 Å². The topological polar surface area (TPSA) is 101 Å². The molecular weight excluding hydrogens is 527 g/mol. The Hall–Kier alpha value is -2.66. The minimum atomic E-state index is -0.720. The molecule has 0 amide bonds. The number of benzene rings is 1. The zero-order chi connectivity index (χ0) is 26.7. The van der Waals surface area contributed by atoms with Gasteiger partial charge in [-0.1, -0.05) is 23.4 Å². The number of hydrogen-bond acceptors (Lipinski definition) is 9. The molecule has 2 aromatic heterocycles. The lowest BCUT2D eigenvalue weighted by molar-refractivity contribution is 0.00437. The Morgan fingerprint density at radius 2 is 1.89 bits per heavy atom. The van der Waals surface area contributed by atoms with Crippen LogP contribution in [0.1, 0.15) is 38.3 Å². The minimum absolute atomic E-state index is 0.189. The molecule has 3 aliphatic rings. The number of nitrogens with two attached hydrogens (primary N) is 1. The second-order valence-corrected chi connectivity index (χ2v) is 12.3. The molecule has 0 unspecified atom stereocenters. The molecular formula is C27H30ClFN6O2S. The first-order valence-electron chi connectivity index (χ1n) is 12.7. The number of nitrogens with zero attached hydrogens (tertiary/aromatic N) is 5. The maximum Gasteiger partial charge on any atom is 0.148 e. The second-order valence-electron chi connectivity index (χ2n) is 10.8. The number of fused-ring (bicyclic) bond motifs is 1. The number of aliphatic hydroxyl groups is 1. The van der Waals surface area contributed by atoms with Crippen molar-refractivity contribution < 1.29 is 14.2 Å². The molecule has 11 heteroatoms. The Labute approximate surface area is 230 Å². The smallest absolute Gasteiger partial charge is 0.148 e. The Bertz CT molecular complexity index is 1340. The fraction of sp³-hybridized carbons (Fsp3) is 0.444. The average molecular weight is 557 g/mol. The fourth-order valence-electron chi connectivity index (χ4n) is 5.40. The number of rotatable bonds is 5. The van der Waals surface area contributed by atoms with Crippen LogP contribution in [0.5, 0.6) is 5.75 Å². The molecule has 3 aromatic rings. The van der Waals surface area contributed by atoms with Gasteiger partial charge >= 0.3 is 0 Å². The van der Waals surface area contributed by atoms with Gasteiger partial charge in [-0.25, -0.2) is 19.3 Å². The van der Waals surface area contributed by atoms with Gasteiger partial charge in [0.15, 0.2) is 0 Å². The Balaban J connectivity index is 1.09. The molecule has 8 nitrogen and oxygen atoms in total. The van der Waals surface area contributed by atoms with E-state index in [0.29, 0.717) is 36.7 Å². The summed E-state index contributed by atoms with van der Waals surface area (Å²) in [5, 5.41) is 11.5. The quantitative estimate of drug-likeness (QED) is 0.472. The van der Waals surface area contributed by atoms with Crippen LogP contribution in [-0.2, 0) is 0 Å². The molecule has 5 heterocycles. The van der Waals surface area contributed by atoms with Crippen LogP contribution in [-0.4, -0.2) is 57.4 Å². The molecule has 6 rings (SSSR count). The van der Waals surface area contributed by atoms with Crippen LogP contribution in [0.4, 0.5) is 16.0 Å². The summed E-state index contributed by atoms with van der Waals surface area (Å²) >= 11 is 8.15. The van der Waals surface area contributed by atoms with Crippen LogP contribution in [0.3, 0.4) is 0 Å². The van der Waals surface area contributed by atoms with E-state index in [4.69, 9.17) is 22.1 Å². The highest BCUT2D eigenvalue weighted by Crippen LogP contribution is 2.47. The maximum atomic E-state index is 13.7. The van der Waals surface area contributed by atoms with E-state index < -0.39 is 11.2 Å². The minimum Gasteiger partial charge on any atom is -0.485 e. The van der Waals surface area contributed by atoms with E-state index in [1.165, 1.54) is 23.9 Å². The van der Waals surface area contributed by atoms with Gasteiger partial charge in [0.25, 0.3) is 0 Å². The van der Waals surface area contributed by atoms with Crippen molar-refractivity contribution >= 4 is 35.0 Å². The number of ether oxygens (including phenoxy) is 1. The van der Waals surface area contributed by atoms with Crippen molar-refractivity contribution in [1.82, 2.24) is 15.0 Å². The van der Waals surface area contributed by atoms with Gasteiger partial charge in [-0.05, 0) is 38.1 Å². The van der Waals surface area contributed by atoms with Gasteiger partial charge in [-0.15, -0.1) is 0 Å². The third-order valence-corrected chi connectivity index (χ3v) is 9.43. The normalized spacial score (nSPS) is 20.8. The average Bonchev–Trinajstić information content (AvgIpc) is 3.11. The summed E-state index contributed by atoms with van der Waals surface area (Å²) in [6, 6.07) is 6.08. The van der Waals surface area contributed by atoms with Crippen molar-refractivity contribution in [3.63, 3.8) is 0 Å². The third-order valence-electron chi connectivity index (χ3n) is 7.97. The molecule has 2 fully saturated rings. The lowest BCUT2D eigenvalue weighted by atomic mass is 9.83. The summed E-state index contributed by atoms with van der Waals surface area (Å²) in [6.07, 6.45) is 6.70. The summed E-state index contributed by atoms with van der Waals surface area (Å²) in [4.78, 5) is 18.9. The van der Waals surface area contributed by atoms with Crippen LogP contribution >= 0.6 is 23.4 Å². The standard InChI is InChI=1S/C27H30ClFN6O2S/c1-26(2,36)16-14-35(15-16)25-23(28)20(5-8-31-25)38-22-13-32-21(12-33-22)34-9-6-27(7-10-34)24(30)18-11-17(29)3-4-19(18)37-27/h3-5,8,11-13,16,24,36H,6-7,9-10,14-15,30H2,1-2H3/t24-/m1/s1. The first kappa shape index (κ1) is 25.6. The van der Waals surface area contributed by atoms with Crippen molar-refractivity contribution in [2.24, 2.45) is 11.7 Å². The first-order valence-corrected chi connectivity index (χ1v) is 13.9. The van der Waals surface area contributed by atoms with Crippen molar-refractivity contribution in [1.29, 1.82) is 0 Å². The second kappa shape index (κ2) is 9.51. The molecule has 0 aliphatic carbocycles. The molecule has 3 N–H and O–H groups in total. The van der Waals surface area contributed by atoms with Gasteiger partial charge in [0, 0.05) is 61.6 Å². The summed E-state index contributed by atoms with van der Waals surface area (Å²) in [5.74, 6) is 2.08. The van der Waals surface area contributed by atoms with Gasteiger partial charge in [-0.3, -0.25) is 0 Å². The predicted molar refractivity (Wildman–Crippen MR) is 146 cm³/mol. The molecule has 1 aromatic carbocycles. The van der Waals surface area contributed by atoms with Gasteiger partial charge < -0.3 is 25.4 Å². The number of anilines is 2. The molecule has 3 aliphatic heterocycles. The highest BCUT2D eigenvalue weighted by Gasteiger charge is 2.48. The largest absolute Gasteiger partial charge is 0.485 e. The lowest BCUT2D eigenvalue weighted by Gasteiger charge is -2.46. The van der Waals surface area contributed by atoms with Crippen molar-refractivity contribution in [2.45, 2.75) is 53.9 Å². The number of halogens is 2. The van der Waals surface area contributed by atoms with E-state index in [9.17, 15) is 9.50 Å². The molecule has 1 atom stereocenters. The summed E-state index contributed by atoms with van der Waals surface area (Å²) in [5.41, 5.74) is 6.01. The lowest BCUT2D eigenvalue weighted by Crippen LogP contribution is -2.56. The van der Waals surface area contributed by atoms with Crippen LogP contribution in [0.2, 0.25) is 5.02 Å². The number of pyridine rings is 1. The fourth-order valence-corrected chi connectivity index (χ4v) is 6.49. The van der Waals surface area contributed by atoms with E-state index in [1.807, 2.05) is 19.9 Å². The van der Waals surface area contributed by atoms with Crippen LogP contribution in [0, 0.1) is 11.7 Å². The van der Waals surface area contributed by atoms with E-state index in [-0.39, 0.29) is 17.8 Å². The van der Waals surface area contributed by atoms with Crippen LogP contribution in [0.25, 0.3) is 0 Å². The number of aromatic nitrogens is 3. The highest BCUT2D eigenvalue weighted by molar-refractivity contribution is 7.99. The van der Waals surface area contributed by atoms with E-state index in [0.717, 1.165) is 40.2 Å². The molecule has 0 saturated carbocycles. The maximum absolute atomic E-state index is 13.7. The zero-order valence-corrected chi connectivity index (χ0v) is 22.8. The van der Waals surface area contributed by atoms with Crippen molar-refractivity contribution in [2.75, 3.05) is 36.0 Å². The van der Waals surface area contributed by atoms with Crippen molar-refractivity contribution in [3.05, 3.63) is 59.3 Å². The summed E-state index contributed by atoms with van der Waals surface area (Å²) < 4.78 is 20.0. The number of hydrogen-bond donors (Lipinski definition) is 2. The van der Waals surface area contributed by atoms with Gasteiger partial charge in [0.2, 0.25) is 0 Å². The first-order chi connectivity index (χ1) is 18.1. The van der Waals surface area contributed by atoms with E-state index >= 15 is 0 Å². The van der Waals surface area contributed by atoms with Crippen LogP contribution in [0.15, 0.2) is 52.8 Å². The van der Waals surface area contributed by atoms with E-state index in [1.54, 1.807) is 24.7 Å². The van der Waals surface area contributed by atoms with Crippen molar-refractivity contribution in [3.8, 4) is 5.75 Å². The predicted octanol–water partition coefficient (Wildman–Crippen LogP) is 4.45. The molecule has 0 radical (unpaired) electrons. The summed E-state index contributed by atoms with van der Waals surface area (Å²) in [7, 11) is 0. The molecule has 2 saturated heterocycles. The number of piperidine rings is 1. The Morgan fingerprint density at radius 1 is 1.13 bits per heavy atom. The third kappa shape index (κ3) is 4.57. The highest BCUT2D eigenvalue weighted by atomic mass is 35.5. The molecule has 0 bridgehead atoms. The monoisotopic (exact) mass is 556 g/mol. The summed E-state index contributed by atoms with van der Waals surface area (Å²) in [6.45, 7) is 6.53. The van der Waals surface area contributed by atoms with E-state index in [2.05, 4.69) is 24.8 Å². The molecule has 38 heavy (non-hydrogen) atoms. The zero-order valence-electron chi connectivity index (χ0n) is 21.3. The SMILES string of the molecule is CC(C)(O)C1CN(c2nccc(Sc3cnc(N4CCC5(CC4)Oc4ccc(F)cc4[C@H]5N)cn3)c2Cl)C1. The van der Waals surface area contributed by atoms with Gasteiger partial charge in [0.05, 0.1) is 29.1 Å².